The fraction of sp³-hybridized carbons (Fsp3) is 0.333. The van der Waals surface area contributed by atoms with E-state index in [2.05, 4.69) is 20.9 Å². The predicted octanol–water partition coefficient (Wildman–Crippen LogP) is 2.27. The van der Waals surface area contributed by atoms with Crippen LogP contribution < -0.4 is 5.56 Å². The summed E-state index contributed by atoms with van der Waals surface area (Å²) >= 11 is 3.06. The summed E-state index contributed by atoms with van der Waals surface area (Å²) in [5.74, 6) is 0. The number of nitrogens with zero attached hydrogens (tertiary/aromatic N) is 1. The first kappa shape index (κ1) is 11.9. The lowest BCUT2D eigenvalue weighted by molar-refractivity contribution is 0.150. The van der Waals surface area contributed by atoms with Crippen molar-refractivity contribution >= 4 is 15.9 Å². The van der Waals surface area contributed by atoms with Gasteiger partial charge in [-0.1, -0.05) is 15.9 Å². The molecule has 6 heteroatoms. The van der Waals surface area contributed by atoms with Crippen molar-refractivity contribution in [2.24, 2.45) is 0 Å². The standard InChI is InChI=1S/C9H7BrF2N2O/c10-4-6-5(9(11)12)3-8(15)14-7(6)1-2-13/h3,9H,1,4H2,(H,14,15). The van der Waals surface area contributed by atoms with Gasteiger partial charge in [0.15, 0.2) is 0 Å². The summed E-state index contributed by atoms with van der Waals surface area (Å²) in [6, 6.07) is 2.68. The van der Waals surface area contributed by atoms with Gasteiger partial charge in [-0.2, -0.15) is 5.26 Å². The SMILES string of the molecule is N#CCc1[nH]c(=O)cc(C(F)F)c1CBr. The number of alkyl halides is 3. The smallest absolute Gasteiger partial charge is 0.264 e. The van der Waals surface area contributed by atoms with Crippen molar-refractivity contribution in [1.82, 2.24) is 4.98 Å². The third-order valence-electron chi connectivity index (χ3n) is 1.90. The maximum absolute atomic E-state index is 12.6. The highest BCUT2D eigenvalue weighted by Gasteiger charge is 2.16. The average Bonchev–Trinajstić information content (AvgIpc) is 2.17. The van der Waals surface area contributed by atoms with Crippen molar-refractivity contribution in [2.75, 3.05) is 0 Å². The summed E-state index contributed by atoms with van der Waals surface area (Å²) in [5, 5.41) is 8.67. The molecule has 1 aromatic rings. The molecule has 0 spiro atoms. The highest BCUT2D eigenvalue weighted by Crippen LogP contribution is 2.25. The van der Waals surface area contributed by atoms with Gasteiger partial charge in [0, 0.05) is 22.7 Å². The van der Waals surface area contributed by atoms with Crippen LogP contribution in [0, 0.1) is 11.3 Å². The van der Waals surface area contributed by atoms with Crippen LogP contribution in [0.15, 0.2) is 10.9 Å². The molecule has 1 aromatic heterocycles. The summed E-state index contributed by atoms with van der Waals surface area (Å²) in [5.41, 5.74) is -0.399. The van der Waals surface area contributed by atoms with E-state index in [-0.39, 0.29) is 28.6 Å². The summed E-state index contributed by atoms with van der Waals surface area (Å²) in [6.45, 7) is 0. The van der Waals surface area contributed by atoms with Gasteiger partial charge >= 0.3 is 0 Å². The van der Waals surface area contributed by atoms with Crippen LogP contribution in [0.25, 0.3) is 0 Å². The molecular weight excluding hydrogens is 270 g/mol. The second-order valence-electron chi connectivity index (χ2n) is 2.82. The zero-order valence-electron chi connectivity index (χ0n) is 7.56. The molecule has 0 fully saturated rings. The number of halogens is 3. The Kier molecular flexibility index (Phi) is 3.97. The van der Waals surface area contributed by atoms with Gasteiger partial charge in [-0.15, -0.1) is 0 Å². The minimum atomic E-state index is -2.71. The Morgan fingerprint density at radius 2 is 2.27 bits per heavy atom. The summed E-state index contributed by atoms with van der Waals surface area (Å²) < 4.78 is 25.1. The molecule has 0 bridgehead atoms. The van der Waals surface area contributed by atoms with E-state index in [1.807, 2.05) is 6.07 Å². The molecule has 1 heterocycles. The molecule has 15 heavy (non-hydrogen) atoms. The van der Waals surface area contributed by atoms with Crippen molar-refractivity contribution in [3.8, 4) is 6.07 Å². The van der Waals surface area contributed by atoms with Crippen LogP contribution in [0.3, 0.4) is 0 Å². The zero-order valence-corrected chi connectivity index (χ0v) is 9.14. The van der Waals surface area contributed by atoms with Crippen LogP contribution in [0.2, 0.25) is 0 Å². The van der Waals surface area contributed by atoms with E-state index < -0.39 is 12.0 Å². The topological polar surface area (TPSA) is 56.6 Å². The monoisotopic (exact) mass is 276 g/mol. The van der Waals surface area contributed by atoms with Crippen molar-refractivity contribution in [1.29, 1.82) is 5.26 Å². The minimum absolute atomic E-state index is 0.0866. The van der Waals surface area contributed by atoms with Crippen LogP contribution >= 0.6 is 15.9 Å². The highest BCUT2D eigenvalue weighted by molar-refractivity contribution is 9.08. The number of pyridine rings is 1. The quantitative estimate of drug-likeness (QED) is 0.861. The second kappa shape index (κ2) is 5.03. The van der Waals surface area contributed by atoms with Gasteiger partial charge in [-0.05, 0) is 5.56 Å². The number of rotatable bonds is 3. The lowest BCUT2D eigenvalue weighted by atomic mass is 10.1. The zero-order chi connectivity index (χ0) is 11.4. The van der Waals surface area contributed by atoms with E-state index in [0.717, 1.165) is 6.07 Å². The molecule has 0 unspecified atom stereocenters. The third-order valence-corrected chi connectivity index (χ3v) is 2.46. The lowest BCUT2D eigenvalue weighted by Crippen LogP contribution is -2.13. The molecule has 0 aliphatic carbocycles. The number of hydrogen-bond acceptors (Lipinski definition) is 2. The predicted molar refractivity (Wildman–Crippen MR) is 54.0 cm³/mol. The van der Waals surface area contributed by atoms with Crippen LogP contribution in [0.5, 0.6) is 0 Å². The molecule has 1 rings (SSSR count). The Morgan fingerprint density at radius 3 is 2.73 bits per heavy atom. The first-order valence-corrected chi connectivity index (χ1v) is 5.18. The molecule has 1 N–H and O–H groups in total. The van der Waals surface area contributed by atoms with Gasteiger partial charge in [0.1, 0.15) is 0 Å². The normalized spacial score (nSPS) is 10.3. The van der Waals surface area contributed by atoms with E-state index in [4.69, 9.17) is 5.26 Å². The number of H-pyrrole nitrogens is 1. The maximum atomic E-state index is 12.6. The Balaban J connectivity index is 3.39. The summed E-state index contributed by atoms with van der Waals surface area (Å²) in [7, 11) is 0. The molecule has 0 aromatic carbocycles. The molecule has 0 amide bonds. The maximum Gasteiger partial charge on any atom is 0.264 e. The number of aromatic nitrogens is 1. The van der Waals surface area contributed by atoms with Gasteiger partial charge in [-0.25, -0.2) is 8.78 Å². The minimum Gasteiger partial charge on any atom is -0.325 e. The van der Waals surface area contributed by atoms with E-state index in [1.165, 1.54) is 0 Å². The first-order chi connectivity index (χ1) is 7.10. The third kappa shape index (κ3) is 2.63. The van der Waals surface area contributed by atoms with Gasteiger partial charge in [0.25, 0.3) is 6.43 Å². The lowest BCUT2D eigenvalue weighted by Gasteiger charge is -2.09. The van der Waals surface area contributed by atoms with Gasteiger partial charge in [0.2, 0.25) is 5.56 Å². The van der Waals surface area contributed by atoms with Crippen molar-refractivity contribution < 1.29 is 8.78 Å². The molecule has 3 nitrogen and oxygen atoms in total. The van der Waals surface area contributed by atoms with E-state index in [0.29, 0.717) is 0 Å². The van der Waals surface area contributed by atoms with Gasteiger partial charge in [-0.3, -0.25) is 4.79 Å². The van der Waals surface area contributed by atoms with E-state index >= 15 is 0 Å². The second-order valence-corrected chi connectivity index (χ2v) is 3.38. The van der Waals surface area contributed by atoms with Gasteiger partial charge in [0.05, 0.1) is 12.5 Å². The first-order valence-electron chi connectivity index (χ1n) is 4.06. The fourth-order valence-corrected chi connectivity index (χ4v) is 1.91. The van der Waals surface area contributed by atoms with Crippen LogP contribution in [0.4, 0.5) is 8.78 Å². The molecule has 0 radical (unpaired) electrons. The Bertz CT molecular complexity index is 450. The molecule has 80 valence electrons. The average molecular weight is 277 g/mol. The molecule has 0 aliphatic heterocycles. The Labute approximate surface area is 92.9 Å². The van der Waals surface area contributed by atoms with Crippen molar-refractivity contribution in [3.05, 3.63) is 33.2 Å². The summed E-state index contributed by atoms with van der Waals surface area (Å²) in [4.78, 5) is 13.4. The molecule has 0 saturated heterocycles. The van der Waals surface area contributed by atoms with Crippen molar-refractivity contribution in [2.45, 2.75) is 18.2 Å². The highest BCUT2D eigenvalue weighted by atomic mass is 79.9. The molecular formula is C9H7BrF2N2O. The van der Waals surface area contributed by atoms with Crippen LogP contribution in [-0.2, 0) is 11.8 Å². The number of hydrogen-bond donors (Lipinski definition) is 1. The van der Waals surface area contributed by atoms with E-state index in [9.17, 15) is 13.6 Å². The van der Waals surface area contributed by atoms with Crippen LogP contribution in [0.1, 0.15) is 23.2 Å². The van der Waals surface area contributed by atoms with Gasteiger partial charge < -0.3 is 4.98 Å². The largest absolute Gasteiger partial charge is 0.325 e. The number of aromatic amines is 1. The van der Waals surface area contributed by atoms with Crippen LogP contribution in [-0.4, -0.2) is 4.98 Å². The number of nitrogens with one attached hydrogen (secondary N) is 1. The molecule has 0 saturated carbocycles. The summed E-state index contributed by atoms with van der Waals surface area (Å²) in [6.07, 6.45) is -2.80. The Hall–Kier alpha value is -1.22. The number of nitriles is 1. The molecule has 0 atom stereocenters. The van der Waals surface area contributed by atoms with Crippen molar-refractivity contribution in [3.63, 3.8) is 0 Å². The Morgan fingerprint density at radius 1 is 1.60 bits per heavy atom. The fourth-order valence-electron chi connectivity index (χ4n) is 1.25. The van der Waals surface area contributed by atoms with E-state index in [1.54, 1.807) is 0 Å². The molecule has 0 aliphatic rings.